The van der Waals surface area contributed by atoms with Gasteiger partial charge in [0.2, 0.25) is 0 Å². The van der Waals surface area contributed by atoms with Gasteiger partial charge in [-0.05, 0) is 32.6 Å². The SMILES string of the molecule is CC(CBr)CCCS(=O)(=O)C(C)C. The van der Waals surface area contributed by atoms with Crippen LogP contribution in [0.4, 0.5) is 0 Å². The van der Waals surface area contributed by atoms with Gasteiger partial charge in [-0.1, -0.05) is 22.9 Å². The highest BCUT2D eigenvalue weighted by atomic mass is 79.9. The molecule has 1 unspecified atom stereocenters. The first kappa shape index (κ1) is 13.4. The Hall–Kier alpha value is 0.430. The molecule has 80 valence electrons. The lowest BCUT2D eigenvalue weighted by Crippen LogP contribution is -2.18. The highest BCUT2D eigenvalue weighted by Gasteiger charge is 2.15. The van der Waals surface area contributed by atoms with Crippen LogP contribution in [0.2, 0.25) is 0 Å². The zero-order valence-corrected chi connectivity index (χ0v) is 11.0. The van der Waals surface area contributed by atoms with E-state index in [1.807, 2.05) is 0 Å². The average Bonchev–Trinajstić information content (AvgIpc) is 2.03. The Morgan fingerprint density at radius 1 is 1.23 bits per heavy atom. The molecule has 0 saturated heterocycles. The van der Waals surface area contributed by atoms with Crippen LogP contribution in [0.25, 0.3) is 0 Å². The summed E-state index contributed by atoms with van der Waals surface area (Å²) in [6, 6.07) is 0. The summed E-state index contributed by atoms with van der Waals surface area (Å²) < 4.78 is 22.8. The lowest BCUT2D eigenvalue weighted by Gasteiger charge is -2.09. The summed E-state index contributed by atoms with van der Waals surface area (Å²) in [5, 5.41) is 0.723. The Morgan fingerprint density at radius 2 is 1.77 bits per heavy atom. The van der Waals surface area contributed by atoms with Gasteiger partial charge in [0.15, 0.2) is 9.84 Å². The van der Waals surface area contributed by atoms with E-state index in [0.29, 0.717) is 11.7 Å². The van der Waals surface area contributed by atoms with Gasteiger partial charge in [0.1, 0.15) is 0 Å². The van der Waals surface area contributed by atoms with E-state index >= 15 is 0 Å². The summed E-state index contributed by atoms with van der Waals surface area (Å²) in [7, 11) is -2.82. The minimum absolute atomic E-state index is 0.230. The van der Waals surface area contributed by atoms with Gasteiger partial charge in [-0.25, -0.2) is 8.42 Å². The Bertz CT molecular complexity index is 222. The van der Waals surface area contributed by atoms with E-state index in [0.717, 1.165) is 18.2 Å². The van der Waals surface area contributed by atoms with Crippen molar-refractivity contribution in [1.29, 1.82) is 0 Å². The standard InChI is InChI=1S/C9H19BrO2S/c1-8(2)13(11,12)6-4-5-9(3)7-10/h8-9H,4-7H2,1-3H3. The molecule has 0 aromatic heterocycles. The largest absolute Gasteiger partial charge is 0.229 e. The van der Waals surface area contributed by atoms with E-state index in [-0.39, 0.29) is 5.25 Å². The van der Waals surface area contributed by atoms with Gasteiger partial charge in [0.25, 0.3) is 0 Å². The Labute approximate surface area is 90.2 Å². The third-order valence-electron chi connectivity index (χ3n) is 2.11. The zero-order valence-electron chi connectivity index (χ0n) is 8.59. The summed E-state index contributed by atoms with van der Waals surface area (Å²) in [4.78, 5) is 0. The molecular weight excluding hydrogens is 252 g/mol. The van der Waals surface area contributed by atoms with Gasteiger partial charge in [0.05, 0.1) is 11.0 Å². The number of halogens is 1. The smallest absolute Gasteiger partial charge is 0.152 e. The van der Waals surface area contributed by atoms with Crippen LogP contribution < -0.4 is 0 Å². The predicted molar refractivity (Wildman–Crippen MR) is 61.1 cm³/mol. The molecule has 0 amide bonds. The first-order valence-corrected chi connectivity index (χ1v) is 7.51. The summed E-state index contributed by atoms with van der Waals surface area (Å²) >= 11 is 3.37. The van der Waals surface area contributed by atoms with Crippen molar-refractivity contribution in [2.75, 3.05) is 11.1 Å². The van der Waals surface area contributed by atoms with Crippen LogP contribution in [0, 0.1) is 5.92 Å². The van der Waals surface area contributed by atoms with Crippen LogP contribution in [0.1, 0.15) is 33.6 Å². The van der Waals surface area contributed by atoms with Crippen LogP contribution in [0.3, 0.4) is 0 Å². The molecule has 0 rings (SSSR count). The minimum atomic E-state index is -2.82. The Balaban J connectivity index is 3.78. The molecule has 4 heteroatoms. The quantitative estimate of drug-likeness (QED) is 0.696. The van der Waals surface area contributed by atoms with Crippen molar-refractivity contribution in [2.24, 2.45) is 5.92 Å². The normalized spacial score (nSPS) is 14.8. The van der Waals surface area contributed by atoms with Gasteiger partial charge < -0.3 is 0 Å². The van der Waals surface area contributed by atoms with Crippen molar-refractivity contribution in [3.63, 3.8) is 0 Å². The molecular formula is C9H19BrO2S. The molecule has 0 aliphatic heterocycles. The fourth-order valence-electron chi connectivity index (χ4n) is 0.946. The minimum Gasteiger partial charge on any atom is -0.229 e. The molecule has 0 saturated carbocycles. The number of sulfone groups is 1. The van der Waals surface area contributed by atoms with E-state index in [9.17, 15) is 8.42 Å². The maximum absolute atomic E-state index is 11.4. The summed E-state index contributed by atoms with van der Waals surface area (Å²) in [6.45, 7) is 5.60. The lowest BCUT2D eigenvalue weighted by atomic mass is 10.1. The monoisotopic (exact) mass is 270 g/mol. The summed E-state index contributed by atoms with van der Waals surface area (Å²) in [5.41, 5.74) is 0. The molecule has 1 atom stereocenters. The second-order valence-corrected chi connectivity index (χ2v) is 7.14. The van der Waals surface area contributed by atoms with Gasteiger partial charge in [-0.15, -0.1) is 0 Å². The third-order valence-corrected chi connectivity index (χ3v) is 5.51. The average molecular weight is 271 g/mol. The van der Waals surface area contributed by atoms with Crippen molar-refractivity contribution in [3.05, 3.63) is 0 Å². The van der Waals surface area contributed by atoms with Crippen molar-refractivity contribution in [3.8, 4) is 0 Å². The maximum Gasteiger partial charge on any atom is 0.152 e. The first-order valence-electron chi connectivity index (χ1n) is 4.67. The molecule has 0 bridgehead atoms. The molecule has 0 N–H and O–H groups in total. The van der Waals surface area contributed by atoms with Crippen LogP contribution in [0.5, 0.6) is 0 Å². The maximum atomic E-state index is 11.4. The number of alkyl halides is 1. The van der Waals surface area contributed by atoms with Gasteiger partial charge in [-0.2, -0.15) is 0 Å². The lowest BCUT2D eigenvalue weighted by molar-refractivity contribution is 0.562. The number of hydrogen-bond donors (Lipinski definition) is 0. The number of rotatable bonds is 6. The molecule has 0 aromatic carbocycles. The van der Waals surface area contributed by atoms with E-state index in [2.05, 4.69) is 22.9 Å². The van der Waals surface area contributed by atoms with Crippen molar-refractivity contribution >= 4 is 25.8 Å². The zero-order chi connectivity index (χ0) is 10.5. The van der Waals surface area contributed by atoms with E-state index < -0.39 is 9.84 Å². The van der Waals surface area contributed by atoms with Gasteiger partial charge in [-0.3, -0.25) is 0 Å². The topological polar surface area (TPSA) is 34.1 Å². The Morgan fingerprint density at radius 3 is 2.15 bits per heavy atom. The molecule has 0 heterocycles. The Kier molecular flexibility index (Phi) is 6.21. The van der Waals surface area contributed by atoms with Crippen LogP contribution in [-0.4, -0.2) is 24.8 Å². The fraction of sp³-hybridized carbons (Fsp3) is 1.00. The van der Waals surface area contributed by atoms with Gasteiger partial charge in [0, 0.05) is 5.33 Å². The molecule has 0 aromatic rings. The predicted octanol–water partition coefficient (Wildman–Crippen LogP) is 2.62. The second-order valence-electron chi connectivity index (χ2n) is 3.82. The van der Waals surface area contributed by atoms with Gasteiger partial charge >= 0.3 is 0 Å². The second kappa shape index (κ2) is 6.02. The molecule has 0 aliphatic carbocycles. The molecule has 13 heavy (non-hydrogen) atoms. The molecule has 0 radical (unpaired) electrons. The molecule has 0 fully saturated rings. The third kappa shape index (κ3) is 5.68. The first-order chi connectivity index (χ1) is 5.90. The highest BCUT2D eigenvalue weighted by molar-refractivity contribution is 9.09. The van der Waals surface area contributed by atoms with Crippen LogP contribution in [-0.2, 0) is 9.84 Å². The van der Waals surface area contributed by atoms with Crippen molar-refractivity contribution < 1.29 is 8.42 Å². The van der Waals surface area contributed by atoms with Crippen LogP contribution >= 0.6 is 15.9 Å². The summed E-state index contributed by atoms with van der Waals surface area (Å²) in [6.07, 6.45) is 1.77. The molecule has 2 nitrogen and oxygen atoms in total. The summed E-state index contributed by atoms with van der Waals surface area (Å²) in [5.74, 6) is 0.907. The van der Waals surface area contributed by atoms with Crippen molar-refractivity contribution in [1.82, 2.24) is 0 Å². The van der Waals surface area contributed by atoms with Crippen molar-refractivity contribution in [2.45, 2.75) is 38.9 Å². The van der Waals surface area contributed by atoms with E-state index in [1.165, 1.54) is 0 Å². The van der Waals surface area contributed by atoms with E-state index in [1.54, 1.807) is 13.8 Å². The fourth-order valence-corrected chi connectivity index (χ4v) is 2.31. The highest BCUT2D eigenvalue weighted by Crippen LogP contribution is 2.11. The molecule has 0 spiro atoms. The van der Waals surface area contributed by atoms with Crippen LogP contribution in [0.15, 0.2) is 0 Å². The number of hydrogen-bond acceptors (Lipinski definition) is 2. The molecule has 0 aliphatic rings. The van der Waals surface area contributed by atoms with E-state index in [4.69, 9.17) is 0 Å².